The van der Waals surface area contributed by atoms with Crippen LogP contribution in [0.3, 0.4) is 0 Å². The number of amides is 1. The van der Waals surface area contributed by atoms with E-state index in [9.17, 15) is 4.79 Å². The number of rotatable bonds is 6. The van der Waals surface area contributed by atoms with E-state index in [1.807, 2.05) is 18.2 Å². The Bertz CT molecular complexity index is 924. The van der Waals surface area contributed by atoms with Crippen molar-refractivity contribution in [2.75, 3.05) is 0 Å². The lowest BCUT2D eigenvalue weighted by Gasteiger charge is -2.10. The molecule has 1 heterocycles. The molecule has 1 N–H and O–H groups in total. The number of ether oxygens (including phenoxy) is 1. The summed E-state index contributed by atoms with van der Waals surface area (Å²) in [6, 6.07) is 15.7. The van der Waals surface area contributed by atoms with Crippen molar-refractivity contribution in [3.63, 3.8) is 0 Å². The van der Waals surface area contributed by atoms with Crippen molar-refractivity contribution in [3.8, 4) is 5.75 Å². The highest BCUT2D eigenvalue weighted by Crippen LogP contribution is 2.23. The van der Waals surface area contributed by atoms with E-state index < -0.39 is 5.91 Å². The van der Waals surface area contributed by atoms with Crippen molar-refractivity contribution in [1.82, 2.24) is 5.43 Å². The smallest absolute Gasteiger partial charge is 0.307 e. The number of hydrogen-bond acceptors (Lipinski definition) is 4. The predicted octanol–water partition coefficient (Wildman–Crippen LogP) is 4.93. The van der Waals surface area contributed by atoms with Crippen LogP contribution < -0.4 is 10.2 Å². The van der Waals surface area contributed by atoms with Crippen molar-refractivity contribution < 1.29 is 13.9 Å². The summed E-state index contributed by atoms with van der Waals surface area (Å²) in [5.74, 6) is 0.297. The van der Waals surface area contributed by atoms with E-state index in [1.165, 1.54) is 12.5 Å². The average molecular weight is 389 g/mol. The van der Waals surface area contributed by atoms with Crippen molar-refractivity contribution in [2.45, 2.75) is 6.61 Å². The predicted molar refractivity (Wildman–Crippen MR) is 101 cm³/mol. The zero-order chi connectivity index (χ0) is 18.4. The molecule has 0 aliphatic rings. The lowest BCUT2D eigenvalue weighted by atomic mass is 10.2. The second kappa shape index (κ2) is 8.56. The fourth-order valence-electron chi connectivity index (χ4n) is 2.16. The lowest BCUT2D eigenvalue weighted by Crippen LogP contribution is -2.16. The summed E-state index contributed by atoms with van der Waals surface area (Å²) in [5.41, 5.74) is 3.94. The van der Waals surface area contributed by atoms with Crippen LogP contribution in [-0.4, -0.2) is 12.1 Å². The average Bonchev–Trinajstić information content (AvgIpc) is 3.16. The van der Waals surface area contributed by atoms with Gasteiger partial charge in [0.1, 0.15) is 12.4 Å². The Balaban J connectivity index is 1.69. The molecular formula is C19H14Cl2N2O3. The Morgan fingerprint density at radius 1 is 1.12 bits per heavy atom. The summed E-state index contributed by atoms with van der Waals surface area (Å²) in [4.78, 5) is 11.8. The molecule has 0 saturated heterocycles. The maximum Gasteiger partial charge on any atom is 0.307 e. The topological polar surface area (TPSA) is 63.8 Å². The lowest BCUT2D eigenvalue weighted by molar-refractivity contribution is 0.0927. The van der Waals surface area contributed by atoms with Gasteiger partial charge in [-0.2, -0.15) is 5.10 Å². The van der Waals surface area contributed by atoms with Crippen molar-refractivity contribution in [3.05, 3.63) is 87.8 Å². The monoisotopic (exact) mass is 388 g/mol. The minimum Gasteiger partial charge on any atom is -0.488 e. The molecule has 3 rings (SSSR count). The molecule has 1 amide bonds. The fraction of sp³-hybridized carbons (Fsp3) is 0.0526. The molecule has 1 aromatic heterocycles. The van der Waals surface area contributed by atoms with E-state index in [0.717, 1.165) is 5.56 Å². The van der Waals surface area contributed by atoms with Crippen LogP contribution in [0.4, 0.5) is 0 Å². The standard InChI is InChI=1S/C19H14Cl2N2O3/c20-15-4-1-3-13(9-15)12-26-17-7-6-16(21)10-14(17)11-22-23-19(24)18-5-2-8-25-18/h1-11H,12H2,(H,23,24)/b22-11-. The molecule has 3 aromatic rings. The summed E-state index contributed by atoms with van der Waals surface area (Å²) >= 11 is 12.0. The van der Waals surface area contributed by atoms with Crippen LogP contribution in [0.25, 0.3) is 0 Å². The number of nitrogens with zero attached hydrogens (tertiary/aromatic N) is 1. The third-order valence-electron chi connectivity index (χ3n) is 3.37. The first-order valence-corrected chi connectivity index (χ1v) is 8.41. The van der Waals surface area contributed by atoms with Crippen LogP contribution in [0.1, 0.15) is 21.7 Å². The molecule has 5 nitrogen and oxygen atoms in total. The van der Waals surface area contributed by atoms with Gasteiger partial charge in [0.15, 0.2) is 5.76 Å². The number of carbonyl (C=O) groups excluding carboxylic acids is 1. The van der Waals surface area contributed by atoms with E-state index in [2.05, 4.69) is 10.5 Å². The Hall–Kier alpha value is -2.76. The van der Waals surface area contributed by atoms with Gasteiger partial charge in [0.05, 0.1) is 12.5 Å². The Morgan fingerprint density at radius 2 is 1.96 bits per heavy atom. The van der Waals surface area contributed by atoms with Gasteiger partial charge in [-0.25, -0.2) is 5.43 Å². The van der Waals surface area contributed by atoms with Crippen molar-refractivity contribution >= 4 is 35.3 Å². The van der Waals surface area contributed by atoms with Crippen LogP contribution in [0.15, 0.2) is 70.4 Å². The first-order chi connectivity index (χ1) is 12.6. The summed E-state index contributed by atoms with van der Waals surface area (Å²) in [7, 11) is 0. The van der Waals surface area contributed by atoms with E-state index in [4.69, 9.17) is 32.4 Å². The van der Waals surface area contributed by atoms with Gasteiger partial charge in [0.2, 0.25) is 0 Å². The zero-order valence-corrected chi connectivity index (χ0v) is 15.0. The van der Waals surface area contributed by atoms with E-state index in [0.29, 0.717) is 28.0 Å². The van der Waals surface area contributed by atoms with Gasteiger partial charge in [-0.05, 0) is 48.0 Å². The fourth-order valence-corrected chi connectivity index (χ4v) is 2.56. The minimum absolute atomic E-state index is 0.172. The number of carbonyl (C=O) groups is 1. The molecule has 132 valence electrons. The van der Waals surface area contributed by atoms with Gasteiger partial charge in [-0.3, -0.25) is 4.79 Å². The highest BCUT2D eigenvalue weighted by molar-refractivity contribution is 6.31. The largest absolute Gasteiger partial charge is 0.488 e. The highest BCUT2D eigenvalue weighted by atomic mass is 35.5. The van der Waals surface area contributed by atoms with Gasteiger partial charge >= 0.3 is 5.91 Å². The Kier molecular flexibility index (Phi) is 5.94. The number of nitrogens with one attached hydrogen (secondary N) is 1. The molecule has 2 aromatic carbocycles. The number of furan rings is 1. The van der Waals surface area contributed by atoms with E-state index >= 15 is 0 Å². The molecule has 0 aliphatic heterocycles. The summed E-state index contributed by atoms with van der Waals surface area (Å²) in [6.45, 7) is 0.335. The number of halogens is 2. The molecule has 0 radical (unpaired) electrons. The molecule has 0 atom stereocenters. The van der Waals surface area contributed by atoms with Crippen LogP contribution in [0.5, 0.6) is 5.75 Å². The number of hydrazone groups is 1. The zero-order valence-electron chi connectivity index (χ0n) is 13.5. The first-order valence-electron chi connectivity index (χ1n) is 7.65. The second-order valence-electron chi connectivity index (χ2n) is 5.28. The minimum atomic E-state index is -0.449. The molecule has 0 fully saturated rings. The maximum absolute atomic E-state index is 11.8. The maximum atomic E-state index is 11.8. The highest BCUT2D eigenvalue weighted by Gasteiger charge is 2.07. The van der Waals surface area contributed by atoms with Gasteiger partial charge in [-0.15, -0.1) is 0 Å². The van der Waals surface area contributed by atoms with Crippen molar-refractivity contribution in [2.24, 2.45) is 5.10 Å². The molecule has 0 aliphatic carbocycles. The summed E-state index contributed by atoms with van der Waals surface area (Å²) in [5, 5.41) is 5.09. The molecular weight excluding hydrogens is 375 g/mol. The third-order valence-corrected chi connectivity index (χ3v) is 3.84. The molecule has 0 bridgehead atoms. The van der Waals surface area contributed by atoms with E-state index in [1.54, 1.807) is 36.4 Å². The van der Waals surface area contributed by atoms with Crippen LogP contribution in [0.2, 0.25) is 10.0 Å². The first kappa shape index (κ1) is 18.0. The number of benzene rings is 2. The van der Waals surface area contributed by atoms with Gasteiger partial charge in [0.25, 0.3) is 0 Å². The van der Waals surface area contributed by atoms with E-state index in [-0.39, 0.29) is 5.76 Å². The molecule has 0 saturated carbocycles. The molecule has 26 heavy (non-hydrogen) atoms. The van der Waals surface area contributed by atoms with Crippen molar-refractivity contribution in [1.29, 1.82) is 0 Å². The Morgan fingerprint density at radius 3 is 2.73 bits per heavy atom. The number of hydrogen-bond donors (Lipinski definition) is 1. The van der Waals surface area contributed by atoms with Crippen LogP contribution in [0, 0.1) is 0 Å². The SMILES string of the molecule is O=C(N/N=C\c1cc(Cl)ccc1OCc1cccc(Cl)c1)c1ccco1. The summed E-state index contributed by atoms with van der Waals surface area (Å²) < 4.78 is 10.8. The van der Waals surface area contributed by atoms with Gasteiger partial charge in [-0.1, -0.05) is 35.3 Å². The molecule has 0 unspecified atom stereocenters. The second-order valence-corrected chi connectivity index (χ2v) is 6.15. The third kappa shape index (κ3) is 4.88. The van der Waals surface area contributed by atoms with Crippen LogP contribution >= 0.6 is 23.2 Å². The Labute approximate surface area is 160 Å². The molecule has 0 spiro atoms. The summed E-state index contributed by atoms with van der Waals surface area (Å²) in [6.07, 6.45) is 2.87. The molecule has 7 heteroatoms. The van der Waals surface area contributed by atoms with Gasteiger partial charge in [0, 0.05) is 15.6 Å². The van der Waals surface area contributed by atoms with Gasteiger partial charge < -0.3 is 9.15 Å². The quantitative estimate of drug-likeness (QED) is 0.480. The normalized spacial score (nSPS) is 10.8. The van der Waals surface area contributed by atoms with Crippen LogP contribution in [-0.2, 0) is 6.61 Å².